The van der Waals surface area contributed by atoms with Crippen molar-refractivity contribution in [2.45, 2.75) is 40.2 Å². The molecule has 0 amide bonds. The molecule has 1 fully saturated rings. The van der Waals surface area contributed by atoms with Crippen molar-refractivity contribution in [1.82, 2.24) is 14.8 Å². The maximum absolute atomic E-state index is 5.45. The molecule has 130 valence electrons. The van der Waals surface area contributed by atoms with Gasteiger partial charge in [0.05, 0.1) is 13.2 Å². The first-order valence-corrected chi connectivity index (χ1v) is 8.78. The van der Waals surface area contributed by atoms with Crippen LogP contribution in [-0.2, 0) is 11.2 Å². The van der Waals surface area contributed by atoms with Crippen LogP contribution in [0.4, 0.5) is 0 Å². The van der Waals surface area contributed by atoms with Crippen LogP contribution >= 0.6 is 0 Å². The first-order chi connectivity index (χ1) is 10.9. The number of hydrogen-bond donors (Lipinski definition) is 0. The zero-order valence-corrected chi connectivity index (χ0v) is 15.5. The van der Waals surface area contributed by atoms with E-state index >= 15 is 0 Å². The summed E-state index contributed by atoms with van der Waals surface area (Å²) in [4.78, 5) is 9.51. The van der Waals surface area contributed by atoms with Crippen molar-refractivity contribution in [3.63, 3.8) is 0 Å². The first-order valence-electron chi connectivity index (χ1n) is 8.78. The van der Waals surface area contributed by atoms with E-state index in [9.17, 15) is 0 Å². The zero-order chi connectivity index (χ0) is 16.9. The van der Waals surface area contributed by atoms with Gasteiger partial charge in [0.2, 0.25) is 0 Å². The lowest BCUT2D eigenvalue weighted by molar-refractivity contribution is 0.0145. The van der Waals surface area contributed by atoms with E-state index < -0.39 is 0 Å². The summed E-state index contributed by atoms with van der Waals surface area (Å²) in [5.74, 6) is 0. The van der Waals surface area contributed by atoms with E-state index in [2.05, 4.69) is 61.7 Å². The quantitative estimate of drug-likeness (QED) is 0.772. The molecule has 4 nitrogen and oxygen atoms in total. The Labute approximate surface area is 141 Å². The molecule has 23 heavy (non-hydrogen) atoms. The second kappa shape index (κ2) is 8.22. The van der Waals surface area contributed by atoms with E-state index in [-0.39, 0.29) is 5.41 Å². The summed E-state index contributed by atoms with van der Waals surface area (Å²) in [5.41, 5.74) is 2.76. The summed E-state index contributed by atoms with van der Waals surface area (Å²) in [7, 11) is 2.24. The van der Waals surface area contributed by atoms with Crippen molar-refractivity contribution in [3.05, 3.63) is 29.6 Å². The molecule has 0 spiro atoms. The van der Waals surface area contributed by atoms with Crippen LogP contribution in [0.2, 0.25) is 0 Å². The van der Waals surface area contributed by atoms with Gasteiger partial charge in [0, 0.05) is 50.5 Å². The Morgan fingerprint density at radius 2 is 2.04 bits per heavy atom. The molecule has 1 aromatic rings. The van der Waals surface area contributed by atoms with E-state index in [1.807, 2.05) is 6.20 Å². The third-order valence-corrected chi connectivity index (χ3v) is 4.66. The van der Waals surface area contributed by atoms with Crippen molar-refractivity contribution in [2.24, 2.45) is 5.41 Å². The van der Waals surface area contributed by atoms with Gasteiger partial charge in [0.25, 0.3) is 0 Å². The predicted octanol–water partition coefficient (Wildman–Crippen LogP) is 2.61. The molecular formula is C19H33N3O. The summed E-state index contributed by atoms with van der Waals surface area (Å²) < 4.78 is 5.45. The Morgan fingerprint density at radius 3 is 2.70 bits per heavy atom. The number of aromatic nitrogens is 1. The molecule has 1 aliphatic heterocycles. The van der Waals surface area contributed by atoms with Crippen LogP contribution in [0.5, 0.6) is 0 Å². The third-order valence-electron chi connectivity index (χ3n) is 4.66. The fourth-order valence-electron chi connectivity index (χ4n) is 3.41. The monoisotopic (exact) mass is 319 g/mol. The van der Waals surface area contributed by atoms with Gasteiger partial charge in [-0.2, -0.15) is 0 Å². The van der Waals surface area contributed by atoms with Gasteiger partial charge in [-0.05, 0) is 44.0 Å². The van der Waals surface area contributed by atoms with Crippen molar-refractivity contribution in [3.8, 4) is 0 Å². The predicted molar refractivity (Wildman–Crippen MR) is 95.8 cm³/mol. The maximum Gasteiger partial charge on any atom is 0.0594 e. The Bertz CT molecular complexity index is 483. The van der Waals surface area contributed by atoms with E-state index in [0.29, 0.717) is 6.04 Å². The number of morpholine rings is 1. The van der Waals surface area contributed by atoms with E-state index in [1.165, 1.54) is 11.3 Å². The summed E-state index contributed by atoms with van der Waals surface area (Å²) in [6.45, 7) is 15.3. The van der Waals surface area contributed by atoms with Gasteiger partial charge in [-0.1, -0.05) is 13.8 Å². The topological polar surface area (TPSA) is 28.6 Å². The van der Waals surface area contributed by atoms with Crippen LogP contribution in [0.1, 0.15) is 32.0 Å². The molecule has 1 aromatic heterocycles. The van der Waals surface area contributed by atoms with Crippen molar-refractivity contribution < 1.29 is 4.74 Å². The lowest BCUT2D eigenvalue weighted by atomic mass is 9.91. The molecule has 2 heterocycles. The maximum atomic E-state index is 5.45. The molecule has 1 atom stereocenters. The second-order valence-corrected chi connectivity index (χ2v) is 7.85. The largest absolute Gasteiger partial charge is 0.379 e. The van der Waals surface area contributed by atoms with Gasteiger partial charge in [-0.3, -0.25) is 9.88 Å². The van der Waals surface area contributed by atoms with Crippen molar-refractivity contribution >= 4 is 0 Å². The minimum Gasteiger partial charge on any atom is -0.379 e. The fraction of sp³-hybridized carbons (Fsp3) is 0.737. The number of nitrogens with zero attached hydrogens (tertiary/aromatic N) is 3. The Kier molecular flexibility index (Phi) is 6.57. The first kappa shape index (κ1) is 18.4. The van der Waals surface area contributed by atoms with Crippen LogP contribution < -0.4 is 0 Å². The molecule has 1 saturated heterocycles. The third kappa shape index (κ3) is 6.21. The van der Waals surface area contributed by atoms with Crippen LogP contribution in [0, 0.1) is 12.3 Å². The van der Waals surface area contributed by atoms with Gasteiger partial charge >= 0.3 is 0 Å². The lowest BCUT2D eigenvalue weighted by Crippen LogP contribution is -2.47. The molecule has 0 saturated carbocycles. The fourth-order valence-corrected chi connectivity index (χ4v) is 3.41. The average Bonchev–Trinajstić information content (AvgIpc) is 2.47. The highest BCUT2D eigenvalue weighted by atomic mass is 16.5. The molecule has 0 unspecified atom stereocenters. The van der Waals surface area contributed by atoms with Crippen LogP contribution in [0.15, 0.2) is 18.3 Å². The molecule has 0 aliphatic carbocycles. The lowest BCUT2D eigenvalue weighted by Gasteiger charge is -2.38. The number of rotatable bonds is 7. The number of hydrogen-bond acceptors (Lipinski definition) is 4. The van der Waals surface area contributed by atoms with E-state index in [4.69, 9.17) is 4.74 Å². The van der Waals surface area contributed by atoms with Gasteiger partial charge in [0.15, 0.2) is 0 Å². The average molecular weight is 319 g/mol. The normalized spacial score (nSPS) is 18.3. The Hall–Kier alpha value is -0.970. The molecule has 0 aromatic carbocycles. The van der Waals surface area contributed by atoms with Gasteiger partial charge in [-0.15, -0.1) is 0 Å². The minimum atomic E-state index is 0.278. The highest BCUT2D eigenvalue weighted by molar-refractivity contribution is 5.15. The van der Waals surface area contributed by atoms with Crippen molar-refractivity contribution in [1.29, 1.82) is 0 Å². The van der Waals surface area contributed by atoms with E-state index in [1.54, 1.807) is 0 Å². The Balaban J connectivity index is 1.84. The molecule has 0 bridgehead atoms. The highest BCUT2D eigenvalue weighted by Crippen LogP contribution is 2.21. The SMILES string of the molecule is Cc1ccnc(C[C@@H](C)N(C)CC(C)(C)CN2CCOCC2)c1. The number of pyridine rings is 1. The van der Waals surface area contributed by atoms with Gasteiger partial charge in [-0.25, -0.2) is 0 Å². The summed E-state index contributed by atoms with van der Waals surface area (Å²) >= 11 is 0. The molecule has 0 radical (unpaired) electrons. The molecule has 2 rings (SSSR count). The van der Waals surface area contributed by atoms with Crippen LogP contribution in [-0.4, -0.2) is 67.3 Å². The summed E-state index contributed by atoms with van der Waals surface area (Å²) in [6, 6.07) is 4.75. The standard InChI is InChI=1S/C19H33N3O/c1-16-6-7-20-18(12-16)13-17(2)21(5)14-19(3,4)15-22-8-10-23-11-9-22/h6-7,12,17H,8-11,13-15H2,1-5H3/t17-/m1/s1. The highest BCUT2D eigenvalue weighted by Gasteiger charge is 2.26. The number of aryl methyl sites for hydroxylation is 1. The summed E-state index contributed by atoms with van der Waals surface area (Å²) in [6.07, 6.45) is 2.92. The molecule has 4 heteroatoms. The van der Waals surface area contributed by atoms with Gasteiger partial charge in [0.1, 0.15) is 0 Å². The van der Waals surface area contributed by atoms with Crippen LogP contribution in [0.3, 0.4) is 0 Å². The smallest absolute Gasteiger partial charge is 0.0594 e. The molecule has 0 N–H and O–H groups in total. The number of ether oxygens (including phenoxy) is 1. The second-order valence-electron chi connectivity index (χ2n) is 7.85. The van der Waals surface area contributed by atoms with E-state index in [0.717, 1.165) is 45.8 Å². The van der Waals surface area contributed by atoms with Crippen LogP contribution in [0.25, 0.3) is 0 Å². The minimum absolute atomic E-state index is 0.278. The molecular weight excluding hydrogens is 286 g/mol. The van der Waals surface area contributed by atoms with Crippen molar-refractivity contribution in [2.75, 3.05) is 46.4 Å². The number of likely N-dealkylation sites (N-methyl/N-ethyl adjacent to an activating group) is 1. The Morgan fingerprint density at radius 1 is 1.35 bits per heavy atom. The van der Waals surface area contributed by atoms with Gasteiger partial charge < -0.3 is 9.64 Å². The zero-order valence-electron chi connectivity index (χ0n) is 15.5. The summed E-state index contributed by atoms with van der Waals surface area (Å²) in [5, 5.41) is 0. The molecule has 1 aliphatic rings.